The molecule has 0 bridgehead atoms. The molecule has 1 aliphatic rings. The lowest BCUT2D eigenvalue weighted by atomic mass is 10.1. The van der Waals surface area contributed by atoms with Crippen molar-refractivity contribution in [1.82, 2.24) is 10.3 Å². The Morgan fingerprint density at radius 2 is 1.84 bits per heavy atom. The molecule has 1 aromatic rings. The molecule has 1 aromatic carbocycles. The first-order valence-corrected chi connectivity index (χ1v) is 6.62. The van der Waals surface area contributed by atoms with Gasteiger partial charge in [-0.25, -0.2) is 0 Å². The zero-order valence-electron chi connectivity index (χ0n) is 11.2. The molecule has 0 unspecified atom stereocenters. The number of aryl methyl sites for hydroxylation is 1. The summed E-state index contributed by atoms with van der Waals surface area (Å²) in [5.74, 6) is -0.0641. The van der Waals surface area contributed by atoms with Crippen LogP contribution in [0.3, 0.4) is 0 Å². The van der Waals surface area contributed by atoms with Gasteiger partial charge in [-0.1, -0.05) is 17.7 Å². The summed E-state index contributed by atoms with van der Waals surface area (Å²) in [6, 6.07) is 7.34. The molecule has 1 aliphatic heterocycles. The number of nitrogens with one attached hydrogen (secondary N) is 1. The summed E-state index contributed by atoms with van der Waals surface area (Å²) < 4.78 is 0. The van der Waals surface area contributed by atoms with Crippen LogP contribution < -0.4 is 11.1 Å². The van der Waals surface area contributed by atoms with Gasteiger partial charge in [0.2, 0.25) is 5.96 Å². The fourth-order valence-corrected chi connectivity index (χ4v) is 2.05. The van der Waals surface area contributed by atoms with Gasteiger partial charge in [0.1, 0.15) is 0 Å². The number of carbonyl (C=O) groups excluding carboxylic acids is 1. The van der Waals surface area contributed by atoms with Crippen molar-refractivity contribution in [2.45, 2.75) is 26.2 Å². The number of hydrogen-bond donors (Lipinski definition) is 2. The van der Waals surface area contributed by atoms with Crippen molar-refractivity contribution in [2.24, 2.45) is 10.8 Å². The molecule has 0 radical (unpaired) electrons. The SMILES string of the molecule is Cc1ccc(C(=O)N/C(N)=N/N2CCCCC2)cc1. The van der Waals surface area contributed by atoms with Crippen LogP contribution in [0.25, 0.3) is 0 Å². The number of carbonyl (C=O) groups is 1. The topological polar surface area (TPSA) is 70.7 Å². The van der Waals surface area contributed by atoms with Gasteiger partial charge in [-0.3, -0.25) is 15.1 Å². The van der Waals surface area contributed by atoms with Gasteiger partial charge in [0.25, 0.3) is 5.91 Å². The minimum Gasteiger partial charge on any atom is -0.368 e. The van der Waals surface area contributed by atoms with Crippen molar-refractivity contribution in [1.29, 1.82) is 0 Å². The second-order valence-corrected chi connectivity index (χ2v) is 4.82. The van der Waals surface area contributed by atoms with Crippen LogP contribution in [0.5, 0.6) is 0 Å². The van der Waals surface area contributed by atoms with Crippen molar-refractivity contribution in [2.75, 3.05) is 13.1 Å². The van der Waals surface area contributed by atoms with Gasteiger partial charge in [0.05, 0.1) is 0 Å². The Bertz CT molecular complexity index is 461. The van der Waals surface area contributed by atoms with E-state index in [0.29, 0.717) is 5.56 Å². The Labute approximate surface area is 113 Å². The smallest absolute Gasteiger partial charge is 0.257 e. The molecule has 0 spiro atoms. The van der Waals surface area contributed by atoms with E-state index in [2.05, 4.69) is 10.4 Å². The Kier molecular flexibility index (Phi) is 4.39. The van der Waals surface area contributed by atoms with E-state index in [0.717, 1.165) is 31.5 Å². The lowest BCUT2D eigenvalue weighted by Gasteiger charge is -2.23. The molecule has 102 valence electrons. The maximum absolute atomic E-state index is 11.9. The number of amides is 1. The number of nitrogens with two attached hydrogens (primary N) is 1. The number of piperidine rings is 1. The largest absolute Gasteiger partial charge is 0.368 e. The summed E-state index contributed by atoms with van der Waals surface area (Å²) in [5.41, 5.74) is 7.45. The molecule has 1 amide bonds. The van der Waals surface area contributed by atoms with Crippen LogP contribution in [0.2, 0.25) is 0 Å². The highest BCUT2D eigenvalue weighted by Gasteiger charge is 2.10. The third-order valence-corrected chi connectivity index (χ3v) is 3.14. The van der Waals surface area contributed by atoms with E-state index >= 15 is 0 Å². The normalized spacial score (nSPS) is 16.3. The lowest BCUT2D eigenvalue weighted by molar-refractivity contribution is 0.0975. The van der Waals surface area contributed by atoms with Crippen molar-refractivity contribution in [3.63, 3.8) is 0 Å². The first kappa shape index (κ1) is 13.4. The van der Waals surface area contributed by atoms with Crippen LogP contribution in [0.4, 0.5) is 0 Å². The van der Waals surface area contributed by atoms with Gasteiger partial charge >= 0.3 is 0 Å². The summed E-state index contributed by atoms with van der Waals surface area (Å²) in [6.07, 6.45) is 3.49. The minimum absolute atomic E-state index is 0.160. The predicted octanol–water partition coefficient (Wildman–Crippen LogP) is 1.44. The van der Waals surface area contributed by atoms with E-state index in [1.165, 1.54) is 6.42 Å². The van der Waals surface area contributed by atoms with E-state index < -0.39 is 0 Å². The summed E-state index contributed by atoms with van der Waals surface area (Å²) in [4.78, 5) is 11.9. The molecule has 3 N–H and O–H groups in total. The molecular weight excluding hydrogens is 240 g/mol. The van der Waals surface area contributed by atoms with Gasteiger partial charge in [-0.15, -0.1) is 5.10 Å². The Morgan fingerprint density at radius 1 is 1.21 bits per heavy atom. The molecule has 0 atom stereocenters. The molecule has 1 heterocycles. The van der Waals surface area contributed by atoms with Crippen LogP contribution in [0, 0.1) is 6.92 Å². The molecule has 5 nitrogen and oxygen atoms in total. The maximum atomic E-state index is 11.9. The number of benzene rings is 1. The highest BCUT2D eigenvalue weighted by Crippen LogP contribution is 2.08. The summed E-state index contributed by atoms with van der Waals surface area (Å²) in [5, 5.41) is 8.74. The van der Waals surface area contributed by atoms with Crippen LogP contribution >= 0.6 is 0 Å². The van der Waals surface area contributed by atoms with E-state index in [-0.39, 0.29) is 11.9 Å². The predicted molar refractivity (Wildman–Crippen MR) is 75.7 cm³/mol. The maximum Gasteiger partial charge on any atom is 0.257 e. The molecule has 0 saturated carbocycles. The molecule has 0 aromatic heterocycles. The van der Waals surface area contributed by atoms with Crippen LogP contribution in [-0.2, 0) is 0 Å². The van der Waals surface area contributed by atoms with Gasteiger partial charge in [0, 0.05) is 18.7 Å². The van der Waals surface area contributed by atoms with Crippen LogP contribution in [0.15, 0.2) is 29.4 Å². The highest BCUT2D eigenvalue weighted by atomic mass is 16.1. The molecule has 1 fully saturated rings. The van der Waals surface area contributed by atoms with Crippen molar-refractivity contribution in [3.05, 3.63) is 35.4 Å². The Balaban J connectivity index is 1.94. The van der Waals surface area contributed by atoms with E-state index in [1.807, 2.05) is 24.1 Å². The monoisotopic (exact) mass is 260 g/mol. The van der Waals surface area contributed by atoms with Crippen LogP contribution in [0.1, 0.15) is 35.2 Å². The second kappa shape index (κ2) is 6.22. The zero-order chi connectivity index (χ0) is 13.7. The molecular formula is C14H20N4O. The van der Waals surface area contributed by atoms with Gasteiger partial charge in [0.15, 0.2) is 0 Å². The van der Waals surface area contributed by atoms with Gasteiger partial charge in [-0.05, 0) is 38.3 Å². The van der Waals surface area contributed by atoms with E-state index in [9.17, 15) is 4.79 Å². The fraction of sp³-hybridized carbons (Fsp3) is 0.429. The Morgan fingerprint density at radius 3 is 2.47 bits per heavy atom. The zero-order valence-corrected chi connectivity index (χ0v) is 11.2. The fourth-order valence-electron chi connectivity index (χ4n) is 2.05. The average molecular weight is 260 g/mol. The summed E-state index contributed by atoms with van der Waals surface area (Å²) in [7, 11) is 0. The first-order valence-electron chi connectivity index (χ1n) is 6.62. The van der Waals surface area contributed by atoms with Gasteiger partial charge in [-0.2, -0.15) is 0 Å². The minimum atomic E-state index is -0.224. The molecule has 2 rings (SSSR count). The number of guanidine groups is 1. The molecule has 1 saturated heterocycles. The average Bonchev–Trinajstić information content (AvgIpc) is 2.40. The second-order valence-electron chi connectivity index (χ2n) is 4.82. The lowest BCUT2D eigenvalue weighted by Crippen LogP contribution is -2.39. The van der Waals surface area contributed by atoms with Crippen LogP contribution in [-0.4, -0.2) is 30.0 Å². The van der Waals surface area contributed by atoms with Crippen molar-refractivity contribution in [3.8, 4) is 0 Å². The number of rotatable bonds is 2. The van der Waals surface area contributed by atoms with Crippen molar-refractivity contribution >= 4 is 11.9 Å². The van der Waals surface area contributed by atoms with Gasteiger partial charge < -0.3 is 5.73 Å². The molecule has 19 heavy (non-hydrogen) atoms. The summed E-state index contributed by atoms with van der Waals surface area (Å²) in [6.45, 7) is 3.79. The van der Waals surface area contributed by atoms with E-state index in [4.69, 9.17) is 5.73 Å². The number of hydrazone groups is 1. The number of hydrogen-bond acceptors (Lipinski definition) is 3. The highest BCUT2D eigenvalue weighted by molar-refractivity contribution is 6.05. The molecule has 0 aliphatic carbocycles. The number of nitrogens with zero attached hydrogens (tertiary/aromatic N) is 2. The Hall–Kier alpha value is -2.04. The summed E-state index contributed by atoms with van der Waals surface area (Å²) >= 11 is 0. The van der Waals surface area contributed by atoms with E-state index in [1.54, 1.807) is 12.1 Å². The standard InChI is InChI=1S/C14H20N4O/c1-11-5-7-12(8-6-11)13(19)16-14(15)17-18-9-3-2-4-10-18/h5-8H,2-4,9-10H2,1H3,(H3,15,16,17,19). The van der Waals surface area contributed by atoms with Crippen molar-refractivity contribution < 1.29 is 4.79 Å². The molecule has 5 heteroatoms. The third kappa shape index (κ3) is 3.98. The quantitative estimate of drug-likeness (QED) is 0.624. The first-order chi connectivity index (χ1) is 9.15. The third-order valence-electron chi connectivity index (χ3n) is 3.14.